The second-order valence-corrected chi connectivity index (χ2v) is 4.02. The number of nitrogens with zero attached hydrogens (tertiary/aromatic N) is 4. The van der Waals surface area contributed by atoms with Crippen molar-refractivity contribution < 1.29 is 0 Å². The van der Waals surface area contributed by atoms with Crippen molar-refractivity contribution in [2.24, 2.45) is 0 Å². The number of fused-ring (bicyclic) bond motifs is 1. The molecule has 100 valence electrons. The summed E-state index contributed by atoms with van der Waals surface area (Å²) in [6, 6.07) is 4.39. The number of hydrogen-bond acceptors (Lipinski definition) is 5. The molecule has 6 nitrogen and oxygen atoms in total. The quantitative estimate of drug-likeness (QED) is 0.868. The molecular weight excluding hydrogens is 275 g/mol. The van der Waals surface area contributed by atoms with E-state index in [9.17, 15) is 0 Å². The van der Waals surface area contributed by atoms with Crippen molar-refractivity contribution in [1.82, 2.24) is 25.1 Å². The summed E-state index contributed by atoms with van der Waals surface area (Å²) in [5.41, 5.74) is 0.774. The topological polar surface area (TPSA) is 67.1 Å². The number of halogens is 2. The zero-order chi connectivity index (χ0) is 10.8. The minimum Gasteiger partial charge on any atom is -0.366 e. The van der Waals surface area contributed by atoms with Gasteiger partial charge < -0.3 is 10.6 Å². The molecule has 0 atom stereocenters. The molecule has 0 spiro atoms. The highest BCUT2D eigenvalue weighted by Gasteiger charge is 2.13. The predicted octanol–water partition coefficient (Wildman–Crippen LogP) is 1.13. The minimum atomic E-state index is 0. The van der Waals surface area contributed by atoms with Gasteiger partial charge in [-0.05, 0) is 38.1 Å². The molecule has 1 aliphatic rings. The lowest BCUT2D eigenvalue weighted by molar-refractivity contribution is 0.477. The third-order valence-electron chi connectivity index (χ3n) is 2.85. The molecule has 0 aromatic carbocycles. The fourth-order valence-electron chi connectivity index (χ4n) is 1.98. The summed E-state index contributed by atoms with van der Waals surface area (Å²) < 4.78 is 1.68. The Kier molecular flexibility index (Phi) is 5.58. The van der Waals surface area contributed by atoms with Crippen LogP contribution in [0.15, 0.2) is 18.5 Å². The molecule has 2 aromatic heterocycles. The molecule has 0 radical (unpaired) electrons. The summed E-state index contributed by atoms with van der Waals surface area (Å²) in [4.78, 5) is 0. The predicted molar refractivity (Wildman–Crippen MR) is 74.8 cm³/mol. The van der Waals surface area contributed by atoms with Crippen molar-refractivity contribution in [3.63, 3.8) is 0 Å². The van der Waals surface area contributed by atoms with Crippen molar-refractivity contribution >= 4 is 36.3 Å². The van der Waals surface area contributed by atoms with E-state index in [4.69, 9.17) is 0 Å². The molecule has 1 aliphatic heterocycles. The number of anilines is 1. The molecule has 2 N–H and O–H groups in total. The Labute approximate surface area is 117 Å². The van der Waals surface area contributed by atoms with E-state index < -0.39 is 0 Å². The van der Waals surface area contributed by atoms with Crippen LogP contribution in [0.1, 0.15) is 12.8 Å². The van der Waals surface area contributed by atoms with Gasteiger partial charge in [0, 0.05) is 6.04 Å². The van der Waals surface area contributed by atoms with Gasteiger partial charge in [0.25, 0.3) is 0 Å². The highest BCUT2D eigenvalue weighted by atomic mass is 35.5. The van der Waals surface area contributed by atoms with Crippen LogP contribution in [-0.2, 0) is 0 Å². The molecule has 8 heteroatoms. The largest absolute Gasteiger partial charge is 0.366 e. The van der Waals surface area contributed by atoms with Crippen LogP contribution in [0.5, 0.6) is 0 Å². The van der Waals surface area contributed by atoms with Crippen LogP contribution >= 0.6 is 24.8 Å². The van der Waals surface area contributed by atoms with Crippen molar-refractivity contribution in [2.75, 3.05) is 18.4 Å². The van der Waals surface area contributed by atoms with Crippen LogP contribution in [0.25, 0.3) is 5.65 Å². The Morgan fingerprint density at radius 2 is 2.00 bits per heavy atom. The molecule has 0 aliphatic carbocycles. The molecule has 3 heterocycles. The van der Waals surface area contributed by atoms with Crippen LogP contribution in [0.3, 0.4) is 0 Å². The average Bonchev–Trinajstić information content (AvgIpc) is 2.77. The van der Waals surface area contributed by atoms with Gasteiger partial charge in [-0.15, -0.1) is 40.1 Å². The average molecular weight is 291 g/mol. The number of hydrogen-bond donors (Lipinski definition) is 2. The van der Waals surface area contributed by atoms with Gasteiger partial charge in [-0.1, -0.05) is 0 Å². The number of piperidine rings is 1. The number of aromatic nitrogens is 4. The highest BCUT2D eigenvalue weighted by Crippen LogP contribution is 2.11. The lowest BCUT2D eigenvalue weighted by Crippen LogP contribution is -2.35. The van der Waals surface area contributed by atoms with E-state index >= 15 is 0 Å². The Hall–Kier alpha value is -1.11. The summed E-state index contributed by atoms with van der Waals surface area (Å²) in [5, 5.41) is 18.9. The van der Waals surface area contributed by atoms with Crippen molar-refractivity contribution in [3.05, 3.63) is 18.5 Å². The molecule has 0 amide bonds. The van der Waals surface area contributed by atoms with E-state index in [2.05, 4.69) is 25.9 Å². The molecule has 1 fully saturated rings. The van der Waals surface area contributed by atoms with Gasteiger partial charge in [-0.2, -0.15) is 4.52 Å². The summed E-state index contributed by atoms with van der Waals surface area (Å²) in [7, 11) is 0. The fourth-order valence-corrected chi connectivity index (χ4v) is 1.98. The van der Waals surface area contributed by atoms with Crippen molar-refractivity contribution in [3.8, 4) is 0 Å². The number of rotatable bonds is 2. The van der Waals surface area contributed by atoms with Crippen molar-refractivity contribution in [1.29, 1.82) is 0 Å². The Bertz CT molecular complexity index is 482. The Balaban J connectivity index is 0.000000810. The van der Waals surface area contributed by atoms with Gasteiger partial charge in [0.15, 0.2) is 5.65 Å². The maximum atomic E-state index is 4.39. The Morgan fingerprint density at radius 3 is 2.78 bits per heavy atom. The molecule has 1 saturated heterocycles. The summed E-state index contributed by atoms with van der Waals surface area (Å²) in [5.74, 6) is 0.888. The molecule has 3 rings (SSSR count). The molecule has 0 unspecified atom stereocenters. The van der Waals surface area contributed by atoms with Gasteiger partial charge in [0.2, 0.25) is 0 Å². The normalized spacial score (nSPS) is 15.8. The molecule has 2 aromatic rings. The first-order chi connectivity index (χ1) is 7.92. The number of nitrogens with one attached hydrogen (secondary N) is 2. The first kappa shape index (κ1) is 14.9. The minimum absolute atomic E-state index is 0. The smallest absolute Gasteiger partial charge is 0.177 e. The van der Waals surface area contributed by atoms with Gasteiger partial charge in [0.1, 0.15) is 12.1 Å². The van der Waals surface area contributed by atoms with Gasteiger partial charge in [-0.25, -0.2) is 0 Å². The second-order valence-electron chi connectivity index (χ2n) is 4.02. The van der Waals surface area contributed by atoms with Gasteiger partial charge >= 0.3 is 0 Å². The molecule has 0 saturated carbocycles. The van der Waals surface area contributed by atoms with Crippen LogP contribution in [-0.4, -0.2) is 38.9 Å². The summed E-state index contributed by atoms with van der Waals surface area (Å²) in [6.45, 7) is 2.15. The third-order valence-corrected chi connectivity index (χ3v) is 2.85. The first-order valence-corrected chi connectivity index (χ1v) is 5.56. The van der Waals surface area contributed by atoms with Gasteiger partial charge in [0.05, 0.1) is 0 Å². The SMILES string of the molecule is Cl.Cl.c1cc2nncn2nc1NC1CCNCC1. The van der Waals surface area contributed by atoms with Crippen LogP contribution in [0.4, 0.5) is 5.82 Å². The lowest BCUT2D eigenvalue weighted by atomic mass is 10.1. The molecular formula is C10H16Cl2N6. The summed E-state index contributed by atoms with van der Waals surface area (Å²) >= 11 is 0. The fraction of sp³-hybridized carbons (Fsp3) is 0.500. The first-order valence-electron chi connectivity index (χ1n) is 5.56. The summed E-state index contributed by atoms with van der Waals surface area (Å²) in [6.07, 6.45) is 3.90. The zero-order valence-electron chi connectivity index (χ0n) is 9.74. The lowest BCUT2D eigenvalue weighted by Gasteiger charge is -2.23. The van der Waals surface area contributed by atoms with E-state index in [1.54, 1.807) is 10.8 Å². The van der Waals surface area contributed by atoms with Gasteiger partial charge in [-0.3, -0.25) is 0 Å². The molecule has 18 heavy (non-hydrogen) atoms. The van der Waals surface area contributed by atoms with E-state index in [-0.39, 0.29) is 24.8 Å². The van der Waals surface area contributed by atoms with E-state index in [1.165, 1.54) is 0 Å². The van der Waals surface area contributed by atoms with E-state index in [0.717, 1.165) is 37.4 Å². The van der Waals surface area contributed by atoms with Crippen LogP contribution in [0, 0.1) is 0 Å². The third kappa shape index (κ3) is 3.22. The monoisotopic (exact) mass is 290 g/mol. The van der Waals surface area contributed by atoms with Crippen LogP contribution in [0.2, 0.25) is 0 Å². The highest BCUT2D eigenvalue weighted by molar-refractivity contribution is 5.85. The second kappa shape index (κ2) is 6.72. The maximum Gasteiger partial charge on any atom is 0.177 e. The Morgan fingerprint density at radius 1 is 1.22 bits per heavy atom. The standard InChI is InChI=1S/C10H14N6.2ClH/c1-2-10-14-12-7-16(10)15-9(1)13-8-3-5-11-6-4-8;;/h1-2,7-8,11H,3-6H2,(H,13,15);2*1H. The van der Waals surface area contributed by atoms with Crippen molar-refractivity contribution in [2.45, 2.75) is 18.9 Å². The molecule has 0 bridgehead atoms. The van der Waals surface area contributed by atoms with E-state index in [0.29, 0.717) is 6.04 Å². The van der Waals surface area contributed by atoms with E-state index in [1.807, 2.05) is 12.1 Å². The zero-order valence-corrected chi connectivity index (χ0v) is 11.4. The van der Waals surface area contributed by atoms with Crippen LogP contribution < -0.4 is 10.6 Å². The maximum absolute atomic E-state index is 4.39.